The van der Waals surface area contributed by atoms with Crippen molar-refractivity contribution in [2.24, 2.45) is 7.05 Å². The highest BCUT2D eigenvalue weighted by atomic mass is 35.5. The molecular weight excluding hydrogens is 248 g/mol. The minimum absolute atomic E-state index is 0.0225. The molecule has 0 spiro atoms. The molecule has 0 aliphatic heterocycles. The summed E-state index contributed by atoms with van der Waals surface area (Å²) in [5.41, 5.74) is 3.79. The fraction of sp³-hybridized carbons (Fsp3) is 0.357. The summed E-state index contributed by atoms with van der Waals surface area (Å²) >= 11 is 5.44. The molecule has 0 atom stereocenters. The second-order valence-electron chi connectivity index (χ2n) is 4.47. The Morgan fingerprint density at radius 3 is 2.94 bits per heavy atom. The molecule has 0 saturated heterocycles. The molecular formula is C14H17ClN2O. The van der Waals surface area contributed by atoms with Gasteiger partial charge in [-0.1, -0.05) is 18.2 Å². The van der Waals surface area contributed by atoms with Gasteiger partial charge in [-0.05, 0) is 24.5 Å². The monoisotopic (exact) mass is 264 g/mol. The van der Waals surface area contributed by atoms with Crippen LogP contribution in [0.25, 0.3) is 10.9 Å². The smallest absolute Gasteiger partial charge is 0.234 e. The molecule has 96 valence electrons. The summed E-state index contributed by atoms with van der Waals surface area (Å²) in [6, 6.07) is 6.31. The van der Waals surface area contributed by atoms with E-state index in [9.17, 15) is 4.79 Å². The van der Waals surface area contributed by atoms with Crippen LogP contribution in [0, 0.1) is 6.92 Å². The van der Waals surface area contributed by atoms with Crippen molar-refractivity contribution in [3.05, 3.63) is 35.5 Å². The number of benzene rings is 1. The van der Waals surface area contributed by atoms with E-state index in [2.05, 4.69) is 48.3 Å². The third-order valence-electron chi connectivity index (χ3n) is 3.12. The molecule has 2 rings (SSSR count). The molecule has 0 aliphatic rings. The molecule has 2 aromatic rings. The van der Waals surface area contributed by atoms with E-state index in [1.165, 1.54) is 22.0 Å². The number of amides is 1. The molecule has 0 aliphatic carbocycles. The van der Waals surface area contributed by atoms with Crippen LogP contribution in [0.15, 0.2) is 24.4 Å². The summed E-state index contributed by atoms with van der Waals surface area (Å²) < 4.78 is 2.14. The maximum atomic E-state index is 11.1. The molecule has 0 bridgehead atoms. The second-order valence-corrected chi connectivity index (χ2v) is 4.74. The molecule has 3 nitrogen and oxygen atoms in total. The summed E-state index contributed by atoms with van der Waals surface area (Å²) in [7, 11) is 2.05. The summed E-state index contributed by atoms with van der Waals surface area (Å²) in [5, 5.41) is 4.05. The first-order valence-corrected chi connectivity index (χ1v) is 6.53. The van der Waals surface area contributed by atoms with Gasteiger partial charge in [0.25, 0.3) is 0 Å². The molecule has 1 amide bonds. The van der Waals surface area contributed by atoms with Crippen LogP contribution in [0.4, 0.5) is 0 Å². The van der Waals surface area contributed by atoms with Crippen molar-refractivity contribution in [1.82, 2.24) is 9.88 Å². The molecule has 1 heterocycles. The van der Waals surface area contributed by atoms with Crippen molar-refractivity contribution in [2.75, 3.05) is 12.4 Å². The molecule has 1 aromatic heterocycles. The molecule has 18 heavy (non-hydrogen) atoms. The topological polar surface area (TPSA) is 34.0 Å². The third-order valence-corrected chi connectivity index (χ3v) is 3.37. The number of para-hydroxylation sites is 1. The van der Waals surface area contributed by atoms with E-state index >= 15 is 0 Å². The van der Waals surface area contributed by atoms with Crippen LogP contribution in [0.2, 0.25) is 0 Å². The highest BCUT2D eigenvalue weighted by Crippen LogP contribution is 2.23. The standard InChI is InChI=1S/C14H17ClN2O/c1-10-4-3-5-12-11(9-17(2)14(10)12)6-7-16-13(18)8-15/h3-5,9H,6-8H2,1-2H3,(H,16,18). The highest BCUT2D eigenvalue weighted by Gasteiger charge is 2.08. The van der Waals surface area contributed by atoms with Crippen LogP contribution in [0.1, 0.15) is 11.1 Å². The molecule has 0 fully saturated rings. The van der Waals surface area contributed by atoms with E-state index in [1.54, 1.807) is 0 Å². The number of rotatable bonds is 4. The number of carbonyl (C=O) groups is 1. The van der Waals surface area contributed by atoms with Crippen molar-refractivity contribution in [1.29, 1.82) is 0 Å². The van der Waals surface area contributed by atoms with Gasteiger partial charge in [-0.3, -0.25) is 4.79 Å². The minimum atomic E-state index is -0.118. The zero-order valence-electron chi connectivity index (χ0n) is 10.7. The lowest BCUT2D eigenvalue weighted by atomic mass is 10.1. The number of nitrogens with one attached hydrogen (secondary N) is 1. The molecule has 0 saturated carbocycles. The van der Waals surface area contributed by atoms with Gasteiger partial charge in [-0.25, -0.2) is 0 Å². The minimum Gasteiger partial charge on any atom is -0.355 e. The number of aromatic nitrogens is 1. The number of aryl methyl sites for hydroxylation is 2. The van der Waals surface area contributed by atoms with Crippen LogP contribution in [0.5, 0.6) is 0 Å². The average molecular weight is 265 g/mol. The number of hydrogen-bond donors (Lipinski definition) is 1. The highest BCUT2D eigenvalue weighted by molar-refractivity contribution is 6.27. The Morgan fingerprint density at radius 1 is 1.44 bits per heavy atom. The largest absolute Gasteiger partial charge is 0.355 e. The number of alkyl halides is 1. The number of carbonyl (C=O) groups excluding carboxylic acids is 1. The van der Waals surface area contributed by atoms with Gasteiger partial charge < -0.3 is 9.88 Å². The summed E-state index contributed by atoms with van der Waals surface area (Å²) in [6.07, 6.45) is 2.95. The SMILES string of the molecule is Cc1cccc2c(CCNC(=O)CCl)cn(C)c12. The van der Waals surface area contributed by atoms with Crippen molar-refractivity contribution < 1.29 is 4.79 Å². The first-order chi connectivity index (χ1) is 8.63. The van der Waals surface area contributed by atoms with E-state index in [0.29, 0.717) is 6.54 Å². The second kappa shape index (κ2) is 5.44. The Hall–Kier alpha value is -1.48. The zero-order chi connectivity index (χ0) is 13.1. The van der Waals surface area contributed by atoms with E-state index in [0.717, 1.165) is 6.42 Å². The van der Waals surface area contributed by atoms with Crippen molar-refractivity contribution >= 4 is 28.4 Å². The van der Waals surface area contributed by atoms with Gasteiger partial charge in [-0.2, -0.15) is 0 Å². The number of hydrogen-bond acceptors (Lipinski definition) is 1. The summed E-state index contributed by atoms with van der Waals surface area (Å²) in [5.74, 6) is -0.0950. The number of fused-ring (bicyclic) bond motifs is 1. The van der Waals surface area contributed by atoms with Gasteiger partial charge in [0.2, 0.25) is 5.91 Å². The fourth-order valence-corrected chi connectivity index (χ4v) is 2.43. The van der Waals surface area contributed by atoms with E-state index < -0.39 is 0 Å². The van der Waals surface area contributed by atoms with Crippen molar-refractivity contribution in [3.8, 4) is 0 Å². The Labute approximate surface area is 112 Å². The van der Waals surface area contributed by atoms with Gasteiger partial charge in [0.05, 0.1) is 5.52 Å². The predicted octanol–water partition coefficient (Wildman–Crippen LogP) is 2.38. The lowest BCUT2D eigenvalue weighted by Crippen LogP contribution is -2.26. The van der Waals surface area contributed by atoms with Crippen LogP contribution < -0.4 is 5.32 Å². The van der Waals surface area contributed by atoms with E-state index in [-0.39, 0.29) is 11.8 Å². The quantitative estimate of drug-likeness (QED) is 0.846. The Kier molecular flexibility index (Phi) is 3.92. The van der Waals surface area contributed by atoms with Crippen LogP contribution >= 0.6 is 11.6 Å². The van der Waals surface area contributed by atoms with Gasteiger partial charge in [-0.15, -0.1) is 11.6 Å². The number of nitrogens with zero attached hydrogens (tertiary/aromatic N) is 1. The van der Waals surface area contributed by atoms with Crippen LogP contribution in [-0.4, -0.2) is 22.9 Å². The normalized spacial score (nSPS) is 10.8. The van der Waals surface area contributed by atoms with Gasteiger partial charge in [0, 0.05) is 25.2 Å². The maximum Gasteiger partial charge on any atom is 0.234 e. The van der Waals surface area contributed by atoms with Gasteiger partial charge >= 0.3 is 0 Å². The maximum absolute atomic E-state index is 11.1. The molecule has 1 N–H and O–H groups in total. The molecule has 0 unspecified atom stereocenters. The van der Waals surface area contributed by atoms with Gasteiger partial charge in [0.15, 0.2) is 0 Å². The Morgan fingerprint density at radius 2 is 2.22 bits per heavy atom. The molecule has 0 radical (unpaired) electrons. The third kappa shape index (κ3) is 2.51. The van der Waals surface area contributed by atoms with Crippen LogP contribution in [-0.2, 0) is 18.3 Å². The molecule has 4 heteroatoms. The van der Waals surface area contributed by atoms with E-state index in [1.807, 2.05) is 0 Å². The first kappa shape index (κ1) is 13.0. The van der Waals surface area contributed by atoms with Gasteiger partial charge in [0.1, 0.15) is 5.88 Å². The first-order valence-electron chi connectivity index (χ1n) is 5.99. The van der Waals surface area contributed by atoms with Crippen molar-refractivity contribution in [2.45, 2.75) is 13.3 Å². The predicted molar refractivity (Wildman–Crippen MR) is 75.1 cm³/mol. The molecule has 1 aromatic carbocycles. The van der Waals surface area contributed by atoms with Crippen molar-refractivity contribution in [3.63, 3.8) is 0 Å². The number of halogens is 1. The Bertz CT molecular complexity index is 574. The van der Waals surface area contributed by atoms with E-state index in [4.69, 9.17) is 11.6 Å². The summed E-state index contributed by atoms with van der Waals surface area (Å²) in [4.78, 5) is 11.1. The lowest BCUT2D eigenvalue weighted by molar-refractivity contribution is -0.118. The Balaban J connectivity index is 2.19. The lowest BCUT2D eigenvalue weighted by Gasteiger charge is -2.02. The van der Waals surface area contributed by atoms with Crippen LogP contribution in [0.3, 0.4) is 0 Å². The zero-order valence-corrected chi connectivity index (χ0v) is 11.4. The summed E-state index contributed by atoms with van der Waals surface area (Å²) in [6.45, 7) is 2.74. The fourth-order valence-electron chi connectivity index (χ4n) is 2.34. The average Bonchev–Trinajstić information content (AvgIpc) is 2.67.